The number of unbranched alkanes of at least 4 members (excludes halogenated alkanes) is 1. The molecule has 0 atom stereocenters. The Hall–Kier alpha value is -2.70. The Labute approximate surface area is 188 Å². The first-order chi connectivity index (χ1) is 15.5. The molecule has 5 nitrogen and oxygen atoms in total. The van der Waals surface area contributed by atoms with Gasteiger partial charge in [0, 0.05) is 31.3 Å². The van der Waals surface area contributed by atoms with Crippen molar-refractivity contribution in [2.24, 2.45) is 0 Å². The van der Waals surface area contributed by atoms with Crippen molar-refractivity contribution in [1.29, 1.82) is 0 Å². The number of benzene rings is 1. The summed E-state index contributed by atoms with van der Waals surface area (Å²) < 4.78 is 41.1. The van der Waals surface area contributed by atoms with Crippen molar-refractivity contribution >= 4 is 11.7 Å². The molecule has 1 saturated carbocycles. The zero-order chi connectivity index (χ0) is 22.9. The highest BCUT2D eigenvalue weighted by molar-refractivity contribution is 5.71. The van der Waals surface area contributed by atoms with E-state index in [0.29, 0.717) is 56.0 Å². The van der Waals surface area contributed by atoms with Gasteiger partial charge in [-0.25, -0.2) is 13.8 Å². The van der Waals surface area contributed by atoms with Crippen molar-refractivity contribution in [3.05, 3.63) is 42.1 Å². The second-order valence-electron chi connectivity index (χ2n) is 8.01. The minimum absolute atomic E-state index is 0.0467. The summed E-state index contributed by atoms with van der Waals surface area (Å²) in [6.07, 6.45) is 7.46. The Morgan fingerprint density at radius 1 is 1.16 bits per heavy atom. The number of pyridine rings is 1. The molecule has 1 aliphatic rings. The first-order valence-electron chi connectivity index (χ1n) is 11.5. The largest absolute Gasteiger partial charge is 0.474 e. The summed E-state index contributed by atoms with van der Waals surface area (Å²) in [4.78, 5) is 17.5. The van der Waals surface area contributed by atoms with E-state index in [-0.39, 0.29) is 17.8 Å². The van der Waals surface area contributed by atoms with E-state index in [2.05, 4.69) is 4.98 Å². The normalized spacial score (nSPS) is 13.9. The van der Waals surface area contributed by atoms with Crippen LogP contribution in [0.15, 0.2) is 30.5 Å². The molecule has 7 heteroatoms. The molecule has 1 aromatic heterocycles. The fourth-order valence-electron chi connectivity index (χ4n) is 4.12. The highest BCUT2D eigenvalue weighted by Crippen LogP contribution is 2.35. The molecular formula is C25H32F2N2O3. The number of anilines is 1. The molecule has 32 heavy (non-hydrogen) atoms. The van der Waals surface area contributed by atoms with Crippen LogP contribution in [-0.4, -0.2) is 36.8 Å². The molecule has 0 aliphatic heterocycles. The second kappa shape index (κ2) is 11.8. The zero-order valence-corrected chi connectivity index (χ0v) is 18.9. The zero-order valence-electron chi connectivity index (χ0n) is 18.9. The van der Waals surface area contributed by atoms with Gasteiger partial charge in [-0.3, -0.25) is 4.79 Å². The monoisotopic (exact) mass is 446 g/mol. The number of esters is 1. The molecule has 0 amide bonds. The summed E-state index contributed by atoms with van der Waals surface area (Å²) in [5, 5.41) is 0. The quantitative estimate of drug-likeness (QED) is 0.317. The molecule has 3 rings (SSSR count). The van der Waals surface area contributed by atoms with Gasteiger partial charge >= 0.3 is 5.97 Å². The Kier molecular flexibility index (Phi) is 8.82. The Morgan fingerprint density at radius 3 is 2.53 bits per heavy atom. The lowest BCUT2D eigenvalue weighted by Gasteiger charge is -2.25. The topological polar surface area (TPSA) is 51.7 Å². The van der Waals surface area contributed by atoms with Gasteiger partial charge in [-0.05, 0) is 82.2 Å². The third-order valence-electron chi connectivity index (χ3n) is 5.74. The van der Waals surface area contributed by atoms with Crippen molar-refractivity contribution in [2.75, 3.05) is 24.6 Å². The maximum Gasteiger partial charge on any atom is 0.305 e. The number of nitrogens with zero attached hydrogens (tertiary/aromatic N) is 2. The summed E-state index contributed by atoms with van der Waals surface area (Å²) in [5.74, 6) is -1.08. The number of carbonyl (C=O) groups excluding carboxylic acids is 1. The number of rotatable bonds is 11. The van der Waals surface area contributed by atoms with E-state index in [1.165, 1.54) is 12.1 Å². The van der Waals surface area contributed by atoms with E-state index in [9.17, 15) is 4.79 Å². The first kappa shape index (κ1) is 24.0. The van der Waals surface area contributed by atoms with E-state index in [4.69, 9.17) is 9.47 Å². The Balaban J connectivity index is 1.74. The highest BCUT2D eigenvalue weighted by Gasteiger charge is 2.22. The summed E-state index contributed by atoms with van der Waals surface area (Å²) in [6, 6.07) is 6.21. The molecule has 0 saturated heterocycles. The van der Waals surface area contributed by atoms with Crippen molar-refractivity contribution in [2.45, 2.75) is 64.9 Å². The maximum absolute atomic E-state index is 15.1. The number of halogens is 2. The number of carbonyl (C=O) groups is 1. The lowest BCUT2D eigenvalue weighted by atomic mass is 10.0. The van der Waals surface area contributed by atoms with Gasteiger partial charge in [-0.2, -0.15) is 0 Å². The van der Waals surface area contributed by atoms with Crippen LogP contribution >= 0.6 is 0 Å². The molecule has 1 aliphatic carbocycles. The summed E-state index contributed by atoms with van der Waals surface area (Å²) in [6.45, 7) is 4.88. The third-order valence-corrected chi connectivity index (χ3v) is 5.74. The van der Waals surface area contributed by atoms with E-state index < -0.39 is 11.6 Å². The number of aromatic nitrogens is 1. The molecule has 1 heterocycles. The molecule has 1 aromatic carbocycles. The van der Waals surface area contributed by atoms with E-state index in [0.717, 1.165) is 25.7 Å². The van der Waals surface area contributed by atoms with Gasteiger partial charge in [0.1, 0.15) is 23.4 Å². The smallest absolute Gasteiger partial charge is 0.305 e. The van der Waals surface area contributed by atoms with Crippen LogP contribution in [0.4, 0.5) is 14.5 Å². The molecule has 0 N–H and O–H groups in total. The van der Waals surface area contributed by atoms with Gasteiger partial charge in [0.25, 0.3) is 0 Å². The average Bonchev–Trinajstić information content (AvgIpc) is 3.28. The van der Waals surface area contributed by atoms with Crippen LogP contribution in [0, 0.1) is 11.6 Å². The Morgan fingerprint density at radius 2 is 1.88 bits per heavy atom. The highest BCUT2D eigenvalue weighted by atomic mass is 19.1. The van der Waals surface area contributed by atoms with Crippen LogP contribution in [0.2, 0.25) is 0 Å². The van der Waals surface area contributed by atoms with Gasteiger partial charge in [0.2, 0.25) is 5.88 Å². The summed E-state index contributed by atoms with van der Waals surface area (Å²) in [7, 11) is 0. The van der Waals surface area contributed by atoms with Crippen LogP contribution in [-0.2, 0) is 9.53 Å². The van der Waals surface area contributed by atoms with E-state index in [1.807, 2.05) is 6.92 Å². The Bertz CT molecular complexity index is 878. The predicted molar refractivity (Wildman–Crippen MR) is 121 cm³/mol. The maximum atomic E-state index is 15.1. The van der Waals surface area contributed by atoms with Gasteiger partial charge < -0.3 is 14.4 Å². The lowest BCUT2D eigenvalue weighted by Crippen LogP contribution is -2.26. The summed E-state index contributed by atoms with van der Waals surface area (Å²) in [5.41, 5.74) is 0.944. The minimum atomic E-state index is -0.622. The summed E-state index contributed by atoms with van der Waals surface area (Å²) >= 11 is 0. The number of hydrogen-bond acceptors (Lipinski definition) is 5. The third kappa shape index (κ3) is 6.17. The molecule has 1 fully saturated rings. The van der Waals surface area contributed by atoms with Crippen LogP contribution in [0.3, 0.4) is 0 Å². The minimum Gasteiger partial charge on any atom is -0.474 e. The van der Waals surface area contributed by atoms with Crippen molar-refractivity contribution in [1.82, 2.24) is 4.98 Å². The van der Waals surface area contributed by atoms with Gasteiger partial charge in [0.05, 0.1) is 6.61 Å². The molecular weight excluding hydrogens is 414 g/mol. The standard InChI is InChI=1S/C25H32F2N2O3/c1-3-29(15-8-7-13-23(30)31-4-2)24-21(26)16-18(17-22(24)27)20-12-9-14-28-25(20)32-19-10-5-6-11-19/h9,12,14,16-17,19H,3-8,10-11,13,15H2,1-2H3. The van der Waals surface area contributed by atoms with Crippen molar-refractivity contribution in [3.63, 3.8) is 0 Å². The average molecular weight is 447 g/mol. The fraction of sp³-hybridized carbons (Fsp3) is 0.520. The van der Waals surface area contributed by atoms with Crippen LogP contribution in [0.25, 0.3) is 11.1 Å². The van der Waals surface area contributed by atoms with Crippen molar-refractivity contribution in [3.8, 4) is 17.0 Å². The first-order valence-corrected chi connectivity index (χ1v) is 11.5. The van der Waals surface area contributed by atoms with Crippen molar-refractivity contribution < 1.29 is 23.0 Å². The van der Waals surface area contributed by atoms with Crippen LogP contribution < -0.4 is 9.64 Å². The molecule has 0 radical (unpaired) electrons. The molecule has 0 bridgehead atoms. The molecule has 0 spiro atoms. The van der Waals surface area contributed by atoms with E-state index in [1.54, 1.807) is 30.2 Å². The lowest BCUT2D eigenvalue weighted by molar-refractivity contribution is -0.143. The fourth-order valence-corrected chi connectivity index (χ4v) is 4.12. The number of hydrogen-bond donors (Lipinski definition) is 0. The predicted octanol–water partition coefficient (Wildman–Crippen LogP) is 5.91. The van der Waals surface area contributed by atoms with Crippen LogP contribution in [0.1, 0.15) is 58.8 Å². The second-order valence-corrected chi connectivity index (χ2v) is 8.01. The number of ether oxygens (including phenoxy) is 2. The molecule has 0 unspecified atom stereocenters. The molecule has 174 valence electrons. The molecule has 2 aromatic rings. The van der Waals surface area contributed by atoms with Crippen LogP contribution in [0.5, 0.6) is 5.88 Å². The van der Waals surface area contributed by atoms with Gasteiger partial charge in [0.15, 0.2) is 0 Å². The van der Waals surface area contributed by atoms with Gasteiger partial charge in [-0.1, -0.05) is 0 Å². The van der Waals surface area contributed by atoms with E-state index >= 15 is 8.78 Å². The van der Waals surface area contributed by atoms with Gasteiger partial charge in [-0.15, -0.1) is 0 Å². The SMILES string of the molecule is CCOC(=O)CCCCN(CC)c1c(F)cc(-c2cccnc2OC2CCCC2)cc1F.